The van der Waals surface area contributed by atoms with E-state index in [0.717, 1.165) is 16.9 Å². The van der Waals surface area contributed by atoms with Gasteiger partial charge in [0.1, 0.15) is 0 Å². The molecule has 0 saturated carbocycles. The standard InChI is InChI=1S/C12H8.C6H6OS/c1-2-4-9(5-3-1)11-7-6-10-8-12(10)11;7-8-6-4-2-1-3-5-6/h1-8H;1-5,7H. The van der Waals surface area contributed by atoms with Crippen molar-refractivity contribution in [1.82, 2.24) is 0 Å². The molecule has 0 aromatic heterocycles. The lowest BCUT2D eigenvalue weighted by Crippen LogP contribution is -1.70. The van der Waals surface area contributed by atoms with Crippen molar-refractivity contribution < 1.29 is 4.55 Å². The molecular formula is C18H14OS. The van der Waals surface area contributed by atoms with Gasteiger partial charge >= 0.3 is 0 Å². The summed E-state index contributed by atoms with van der Waals surface area (Å²) in [5.74, 6) is 0. The first-order valence-corrected chi connectivity index (χ1v) is 7.22. The summed E-state index contributed by atoms with van der Waals surface area (Å²) in [5, 5.41) is 0. The second-order valence-corrected chi connectivity index (χ2v) is 5.18. The Labute approximate surface area is 123 Å². The predicted octanol–water partition coefficient (Wildman–Crippen LogP) is 5.59. The number of hydrogen-bond donors (Lipinski definition) is 1. The molecule has 0 bridgehead atoms. The van der Waals surface area contributed by atoms with Gasteiger partial charge in [0.05, 0.1) is 0 Å². The molecule has 0 radical (unpaired) electrons. The quantitative estimate of drug-likeness (QED) is 0.483. The number of benzene rings is 3. The monoisotopic (exact) mass is 278 g/mol. The highest BCUT2D eigenvalue weighted by Crippen LogP contribution is 2.43. The molecule has 0 heterocycles. The maximum absolute atomic E-state index is 8.45. The molecule has 0 spiro atoms. The maximum Gasteiger partial charge on any atom is 0.0350 e. The Kier molecular flexibility index (Phi) is 3.86. The molecule has 2 aromatic carbocycles. The Hall–Kier alpha value is -2.03. The van der Waals surface area contributed by atoms with Crippen molar-refractivity contribution in [3.63, 3.8) is 0 Å². The highest BCUT2D eigenvalue weighted by Gasteiger charge is 2.17. The summed E-state index contributed by atoms with van der Waals surface area (Å²) >= 11 is 0.769. The van der Waals surface area contributed by atoms with Crippen LogP contribution in [0.1, 0.15) is 0 Å². The van der Waals surface area contributed by atoms with E-state index in [1.54, 1.807) is 0 Å². The van der Waals surface area contributed by atoms with Crippen LogP contribution in [0.5, 0.6) is 0 Å². The van der Waals surface area contributed by atoms with Gasteiger partial charge in [-0.25, -0.2) is 0 Å². The summed E-state index contributed by atoms with van der Waals surface area (Å²) < 4.78 is 8.45. The smallest absolute Gasteiger partial charge is 0.0350 e. The molecule has 0 fully saturated rings. The molecular weight excluding hydrogens is 264 g/mol. The third kappa shape index (κ3) is 2.93. The number of fused-ring (bicyclic) bond motifs is 1. The van der Waals surface area contributed by atoms with Crippen molar-refractivity contribution in [2.75, 3.05) is 0 Å². The van der Waals surface area contributed by atoms with E-state index >= 15 is 0 Å². The van der Waals surface area contributed by atoms with Crippen LogP contribution >= 0.6 is 12.0 Å². The minimum absolute atomic E-state index is 0.769. The second-order valence-electron chi connectivity index (χ2n) is 4.53. The first kappa shape index (κ1) is 13.0. The molecule has 0 atom stereocenters. The van der Waals surface area contributed by atoms with Crippen LogP contribution in [0, 0.1) is 0 Å². The molecule has 0 amide bonds. The van der Waals surface area contributed by atoms with Crippen LogP contribution in [0.4, 0.5) is 0 Å². The van der Waals surface area contributed by atoms with Gasteiger partial charge < -0.3 is 4.55 Å². The summed E-state index contributed by atoms with van der Waals surface area (Å²) in [5.41, 5.74) is 5.55. The highest BCUT2D eigenvalue weighted by atomic mass is 32.2. The zero-order chi connectivity index (χ0) is 13.8. The number of rotatable bonds is 2. The van der Waals surface area contributed by atoms with Crippen LogP contribution in [-0.2, 0) is 0 Å². The van der Waals surface area contributed by atoms with Crippen molar-refractivity contribution in [2.24, 2.45) is 0 Å². The minimum atomic E-state index is 0.769. The lowest BCUT2D eigenvalue weighted by molar-refractivity contribution is 0.664. The fourth-order valence-electron chi connectivity index (χ4n) is 2.10. The fraction of sp³-hybridized carbons (Fsp3) is 0. The van der Waals surface area contributed by atoms with Crippen molar-refractivity contribution in [3.05, 3.63) is 78.9 Å². The largest absolute Gasteiger partial charge is 0.325 e. The van der Waals surface area contributed by atoms with Crippen LogP contribution in [0.25, 0.3) is 22.3 Å². The molecule has 0 saturated heterocycles. The second kappa shape index (κ2) is 5.95. The molecule has 98 valence electrons. The lowest BCUT2D eigenvalue weighted by Gasteiger charge is -1.95. The highest BCUT2D eigenvalue weighted by molar-refractivity contribution is 7.93. The van der Waals surface area contributed by atoms with Gasteiger partial charge in [0.2, 0.25) is 0 Å². The molecule has 0 aliphatic heterocycles. The third-order valence-corrected chi connectivity index (χ3v) is 3.66. The molecule has 0 unspecified atom stereocenters. The zero-order valence-electron chi connectivity index (χ0n) is 10.9. The van der Waals surface area contributed by atoms with E-state index in [0.29, 0.717) is 0 Å². The van der Waals surface area contributed by atoms with E-state index in [2.05, 4.69) is 48.5 Å². The molecule has 20 heavy (non-hydrogen) atoms. The maximum atomic E-state index is 8.45. The Balaban J connectivity index is 0.000000133. The van der Waals surface area contributed by atoms with Crippen LogP contribution < -0.4 is 0 Å². The molecule has 4 rings (SSSR count). The molecule has 1 N–H and O–H groups in total. The van der Waals surface area contributed by atoms with E-state index in [4.69, 9.17) is 4.55 Å². The van der Waals surface area contributed by atoms with Gasteiger partial charge in [-0.15, -0.1) is 0 Å². The van der Waals surface area contributed by atoms with Crippen LogP contribution in [0.15, 0.2) is 83.8 Å². The summed E-state index contributed by atoms with van der Waals surface area (Å²) in [7, 11) is 0. The minimum Gasteiger partial charge on any atom is -0.325 e. The fourth-order valence-corrected chi connectivity index (χ4v) is 2.38. The SMILES string of the molecule is OSc1ccccc1.c1ccc(-c2ccc3cc2-3)cc1. The Bertz CT molecular complexity index is 693. The van der Waals surface area contributed by atoms with Crippen LogP contribution in [0.2, 0.25) is 0 Å². The van der Waals surface area contributed by atoms with E-state index < -0.39 is 0 Å². The van der Waals surface area contributed by atoms with E-state index in [-0.39, 0.29) is 0 Å². The van der Waals surface area contributed by atoms with Gasteiger partial charge in [0, 0.05) is 16.9 Å². The van der Waals surface area contributed by atoms with E-state index in [9.17, 15) is 0 Å². The van der Waals surface area contributed by atoms with Crippen molar-refractivity contribution >= 4 is 12.0 Å². The molecule has 1 nitrogen and oxygen atoms in total. The van der Waals surface area contributed by atoms with Crippen LogP contribution in [0.3, 0.4) is 0 Å². The Morgan fingerprint density at radius 3 is 1.70 bits per heavy atom. The van der Waals surface area contributed by atoms with Gasteiger partial charge in [0.15, 0.2) is 0 Å². The summed E-state index contributed by atoms with van der Waals surface area (Å²) in [6.07, 6.45) is 0. The van der Waals surface area contributed by atoms with Crippen molar-refractivity contribution in [1.29, 1.82) is 0 Å². The van der Waals surface area contributed by atoms with Gasteiger partial charge in [-0.1, -0.05) is 60.7 Å². The van der Waals surface area contributed by atoms with Gasteiger partial charge in [-0.2, -0.15) is 0 Å². The number of hydrogen-bond acceptors (Lipinski definition) is 2. The molecule has 2 aromatic rings. The van der Waals surface area contributed by atoms with E-state index in [1.165, 1.54) is 22.3 Å². The normalized spacial score (nSPS) is 10.4. The topological polar surface area (TPSA) is 20.2 Å². The predicted molar refractivity (Wildman–Crippen MR) is 85.8 cm³/mol. The first-order valence-electron chi connectivity index (χ1n) is 6.45. The van der Waals surface area contributed by atoms with Gasteiger partial charge in [-0.05, 0) is 40.5 Å². The third-order valence-electron chi connectivity index (χ3n) is 3.18. The Morgan fingerprint density at radius 2 is 1.25 bits per heavy atom. The summed E-state index contributed by atoms with van der Waals surface area (Å²) in [4.78, 5) is 0.882. The average molecular weight is 278 g/mol. The first-order chi connectivity index (χ1) is 9.88. The molecule has 2 aliphatic rings. The summed E-state index contributed by atoms with van der Waals surface area (Å²) in [6.45, 7) is 0. The van der Waals surface area contributed by atoms with Gasteiger partial charge in [0.25, 0.3) is 0 Å². The Morgan fingerprint density at radius 1 is 0.600 bits per heavy atom. The zero-order valence-corrected chi connectivity index (χ0v) is 11.7. The van der Waals surface area contributed by atoms with E-state index in [1.807, 2.05) is 30.3 Å². The molecule has 2 aliphatic carbocycles. The van der Waals surface area contributed by atoms with Crippen LogP contribution in [-0.4, -0.2) is 4.55 Å². The lowest BCUT2D eigenvalue weighted by atomic mass is 10.1. The van der Waals surface area contributed by atoms with Crippen molar-refractivity contribution in [3.8, 4) is 22.3 Å². The van der Waals surface area contributed by atoms with Gasteiger partial charge in [-0.3, -0.25) is 0 Å². The summed E-state index contributed by atoms with van der Waals surface area (Å²) in [6, 6.07) is 26.5. The molecule has 2 heteroatoms. The average Bonchev–Trinajstić information content (AvgIpc) is 3.20. The van der Waals surface area contributed by atoms with Crippen molar-refractivity contribution in [2.45, 2.75) is 4.90 Å².